The van der Waals surface area contributed by atoms with Crippen molar-refractivity contribution in [3.8, 4) is 11.5 Å². The molecule has 0 saturated carbocycles. The highest BCUT2D eigenvalue weighted by molar-refractivity contribution is 6.09. The normalized spacial score (nSPS) is 18.3. The summed E-state index contributed by atoms with van der Waals surface area (Å²) in [6.45, 7) is 1.80. The summed E-state index contributed by atoms with van der Waals surface area (Å²) in [6.07, 6.45) is -0.437. The van der Waals surface area contributed by atoms with E-state index in [0.29, 0.717) is 41.4 Å². The number of rotatable bonds is 10. The smallest absolute Gasteiger partial charge is 0.328 e. The Bertz CT molecular complexity index is 1580. The van der Waals surface area contributed by atoms with Gasteiger partial charge in [-0.1, -0.05) is 60.7 Å². The van der Waals surface area contributed by atoms with Gasteiger partial charge in [-0.3, -0.25) is 24.7 Å². The van der Waals surface area contributed by atoms with Crippen molar-refractivity contribution >= 4 is 29.7 Å². The Hall–Kier alpha value is -5.39. The van der Waals surface area contributed by atoms with E-state index in [1.54, 1.807) is 49.4 Å². The number of nitrogens with two attached hydrogens (primary N) is 1. The first kappa shape index (κ1) is 29.1. The predicted octanol–water partition coefficient (Wildman–Crippen LogP) is 2.75. The Morgan fingerprint density at radius 2 is 1.70 bits per heavy atom. The van der Waals surface area contributed by atoms with Crippen LogP contribution in [0.1, 0.15) is 41.6 Å². The molecule has 0 radical (unpaired) electrons. The number of amides is 4. The number of urea groups is 1. The highest BCUT2D eigenvalue weighted by Crippen LogP contribution is 2.39. The number of nitrogens with zero attached hydrogens (tertiary/aromatic N) is 2. The van der Waals surface area contributed by atoms with Crippen LogP contribution in [0, 0.1) is 5.41 Å². The number of fused-ring (bicyclic) bond motifs is 1. The molecular formula is C31H31N5O7. The predicted molar refractivity (Wildman–Crippen MR) is 154 cm³/mol. The first-order chi connectivity index (χ1) is 20.6. The van der Waals surface area contributed by atoms with Gasteiger partial charge in [-0.2, -0.15) is 0 Å². The number of hydrogen-bond acceptors (Lipinski definition) is 7. The number of hydrogen-bond donors (Lipinski definition) is 4. The van der Waals surface area contributed by atoms with Gasteiger partial charge >= 0.3 is 12.0 Å². The van der Waals surface area contributed by atoms with Crippen LogP contribution in [-0.2, 0) is 26.5 Å². The molecule has 222 valence electrons. The van der Waals surface area contributed by atoms with Crippen molar-refractivity contribution in [2.24, 2.45) is 5.73 Å². The summed E-state index contributed by atoms with van der Waals surface area (Å²) in [6, 6.07) is 18.9. The van der Waals surface area contributed by atoms with Crippen LogP contribution in [0.5, 0.6) is 11.5 Å². The van der Waals surface area contributed by atoms with Gasteiger partial charge in [0.15, 0.2) is 11.5 Å². The van der Waals surface area contributed by atoms with Crippen molar-refractivity contribution in [1.82, 2.24) is 15.1 Å². The lowest BCUT2D eigenvalue weighted by molar-refractivity contribution is -0.139. The number of benzene rings is 3. The number of carboxylic acids is 1. The average Bonchev–Trinajstić information content (AvgIpc) is 3.17. The molecule has 2 heterocycles. The van der Waals surface area contributed by atoms with E-state index in [2.05, 4.69) is 5.32 Å². The van der Waals surface area contributed by atoms with Gasteiger partial charge in [0.05, 0.1) is 12.5 Å². The zero-order chi connectivity index (χ0) is 30.7. The molecule has 5 N–H and O–H groups in total. The first-order valence-corrected chi connectivity index (χ1v) is 13.6. The molecule has 43 heavy (non-hydrogen) atoms. The first-order valence-electron chi connectivity index (χ1n) is 13.6. The molecule has 3 aromatic rings. The number of imide groups is 1. The second-order valence-corrected chi connectivity index (χ2v) is 10.4. The lowest BCUT2D eigenvalue weighted by Gasteiger charge is -2.32. The van der Waals surface area contributed by atoms with Gasteiger partial charge in [0.1, 0.15) is 31.1 Å². The highest BCUT2D eigenvalue weighted by atomic mass is 16.6. The lowest BCUT2D eigenvalue weighted by atomic mass is 9.89. The second kappa shape index (κ2) is 11.8. The maximum Gasteiger partial charge on any atom is 0.328 e. The van der Waals surface area contributed by atoms with Gasteiger partial charge in [-0.05, 0) is 35.7 Å². The third-order valence-corrected chi connectivity index (χ3v) is 7.59. The van der Waals surface area contributed by atoms with Crippen LogP contribution in [0.2, 0.25) is 0 Å². The Labute approximate surface area is 247 Å². The summed E-state index contributed by atoms with van der Waals surface area (Å²) in [5, 5.41) is 19.9. The molecule has 3 aromatic carbocycles. The Balaban J connectivity index is 1.41. The number of aliphatic carboxylic acids is 1. The SMILES string of the molecule is CC1(c2ccc(C(=N)N)cc2)C(=O)N(CC(=O)NC(CC(=O)O)c2ccc3c(c2)OCCO3)C(=O)N1Cc1ccccc1. The van der Waals surface area contributed by atoms with Crippen LogP contribution in [-0.4, -0.2) is 64.3 Å². The van der Waals surface area contributed by atoms with Crippen molar-refractivity contribution in [2.45, 2.75) is 31.5 Å². The molecule has 12 heteroatoms. The fraction of sp³-hybridized carbons (Fsp3) is 0.258. The van der Waals surface area contributed by atoms with Crippen LogP contribution >= 0.6 is 0 Å². The topological polar surface area (TPSA) is 175 Å². The number of amidine groups is 1. The van der Waals surface area contributed by atoms with Gasteiger partial charge < -0.3 is 30.5 Å². The number of ether oxygens (including phenoxy) is 2. The fourth-order valence-electron chi connectivity index (χ4n) is 5.27. The Morgan fingerprint density at radius 3 is 2.35 bits per heavy atom. The summed E-state index contributed by atoms with van der Waals surface area (Å²) in [4.78, 5) is 55.0. The molecule has 1 fully saturated rings. The van der Waals surface area contributed by atoms with Gasteiger partial charge in [0.2, 0.25) is 5.91 Å². The number of carbonyl (C=O) groups is 4. The van der Waals surface area contributed by atoms with Crippen molar-refractivity contribution in [2.75, 3.05) is 19.8 Å². The van der Waals surface area contributed by atoms with Crippen LogP contribution in [0.25, 0.3) is 0 Å². The van der Waals surface area contributed by atoms with Crippen LogP contribution < -0.4 is 20.5 Å². The standard InChI is InChI=1S/C31H31N5O7/c1-31(22-10-7-20(8-11-22)28(32)33)29(40)35(30(41)36(31)17-19-5-3-2-4-6-19)18-26(37)34-23(16-27(38)39)21-9-12-24-25(15-21)43-14-13-42-24/h2-12,15,23H,13-14,16-18H2,1H3,(H3,32,33)(H,34,37)(H,38,39). The third-order valence-electron chi connectivity index (χ3n) is 7.59. The molecule has 2 aliphatic heterocycles. The molecule has 4 amide bonds. The lowest BCUT2D eigenvalue weighted by Crippen LogP contribution is -2.44. The molecular weight excluding hydrogens is 554 g/mol. The summed E-state index contributed by atoms with van der Waals surface area (Å²) in [5.74, 6) is -1.67. The van der Waals surface area contributed by atoms with Crippen LogP contribution in [0.4, 0.5) is 4.79 Å². The maximum atomic E-state index is 14.0. The highest BCUT2D eigenvalue weighted by Gasteiger charge is 2.55. The molecule has 0 spiro atoms. The van der Waals surface area contributed by atoms with Gasteiger partial charge in [-0.15, -0.1) is 0 Å². The Morgan fingerprint density at radius 1 is 1.02 bits per heavy atom. The zero-order valence-corrected chi connectivity index (χ0v) is 23.4. The number of nitrogen functional groups attached to an aromatic ring is 1. The van der Waals surface area contributed by atoms with E-state index in [1.165, 1.54) is 4.90 Å². The molecule has 2 atom stereocenters. The summed E-state index contributed by atoms with van der Waals surface area (Å²) in [7, 11) is 0. The molecule has 0 bridgehead atoms. The zero-order valence-electron chi connectivity index (χ0n) is 23.4. The monoisotopic (exact) mass is 585 g/mol. The quantitative estimate of drug-likeness (QED) is 0.160. The number of carboxylic acid groups (broad SMARTS) is 1. The van der Waals surface area contributed by atoms with E-state index >= 15 is 0 Å². The van der Waals surface area contributed by atoms with E-state index in [4.69, 9.17) is 20.6 Å². The fourth-order valence-corrected chi connectivity index (χ4v) is 5.27. The van der Waals surface area contributed by atoms with Crippen molar-refractivity contribution in [3.05, 3.63) is 95.1 Å². The maximum absolute atomic E-state index is 14.0. The minimum atomic E-state index is -1.47. The van der Waals surface area contributed by atoms with E-state index in [0.717, 1.165) is 10.5 Å². The average molecular weight is 586 g/mol. The van der Waals surface area contributed by atoms with E-state index in [9.17, 15) is 24.3 Å². The molecule has 2 aliphatic rings. The molecule has 0 aliphatic carbocycles. The minimum Gasteiger partial charge on any atom is -0.486 e. The van der Waals surface area contributed by atoms with E-state index in [1.807, 2.05) is 30.3 Å². The molecule has 2 unspecified atom stereocenters. The van der Waals surface area contributed by atoms with Crippen molar-refractivity contribution in [3.63, 3.8) is 0 Å². The van der Waals surface area contributed by atoms with E-state index < -0.39 is 48.4 Å². The second-order valence-electron chi connectivity index (χ2n) is 10.4. The van der Waals surface area contributed by atoms with Gasteiger partial charge in [0, 0.05) is 12.1 Å². The summed E-state index contributed by atoms with van der Waals surface area (Å²) >= 11 is 0. The van der Waals surface area contributed by atoms with Crippen molar-refractivity contribution in [1.29, 1.82) is 5.41 Å². The minimum absolute atomic E-state index is 0.0906. The molecule has 12 nitrogen and oxygen atoms in total. The number of nitrogens with one attached hydrogen (secondary N) is 2. The number of carbonyl (C=O) groups excluding carboxylic acids is 3. The largest absolute Gasteiger partial charge is 0.486 e. The van der Waals surface area contributed by atoms with Gasteiger partial charge in [-0.25, -0.2) is 4.79 Å². The third kappa shape index (κ3) is 5.85. The van der Waals surface area contributed by atoms with Crippen molar-refractivity contribution < 1.29 is 33.8 Å². The molecule has 0 aromatic heterocycles. The molecule has 1 saturated heterocycles. The summed E-state index contributed by atoms with van der Waals surface area (Å²) in [5.41, 5.74) is 6.32. The van der Waals surface area contributed by atoms with Crippen LogP contribution in [0.15, 0.2) is 72.8 Å². The van der Waals surface area contributed by atoms with Gasteiger partial charge in [0.25, 0.3) is 5.91 Å². The van der Waals surface area contributed by atoms with E-state index in [-0.39, 0.29) is 12.4 Å². The molecule has 5 rings (SSSR count). The van der Waals surface area contributed by atoms with Crippen LogP contribution in [0.3, 0.4) is 0 Å². The Kier molecular flexibility index (Phi) is 8.02. The summed E-state index contributed by atoms with van der Waals surface area (Å²) < 4.78 is 11.1.